The maximum Gasteiger partial charge on any atom is 0.333 e. The van der Waals surface area contributed by atoms with E-state index in [-0.39, 0.29) is 22.6 Å². The number of rotatable bonds is 6. The van der Waals surface area contributed by atoms with Gasteiger partial charge < -0.3 is 10.2 Å². The fraction of sp³-hybridized carbons (Fsp3) is 0.333. The zero-order chi connectivity index (χ0) is 22.8. The molecular formula is C21H21F2N5O3S. The van der Waals surface area contributed by atoms with Crippen molar-refractivity contribution in [3.63, 3.8) is 0 Å². The Labute approximate surface area is 185 Å². The molecule has 0 bridgehead atoms. The molecule has 1 aliphatic rings. The first-order valence-electron chi connectivity index (χ1n) is 10.1. The van der Waals surface area contributed by atoms with Gasteiger partial charge in [0, 0.05) is 25.7 Å². The summed E-state index contributed by atoms with van der Waals surface area (Å²) in [6.45, 7) is 4.66. The van der Waals surface area contributed by atoms with Gasteiger partial charge in [-0.3, -0.25) is 18.7 Å². The van der Waals surface area contributed by atoms with E-state index < -0.39 is 35.3 Å². The highest BCUT2D eigenvalue weighted by molar-refractivity contribution is 7.22. The van der Waals surface area contributed by atoms with Crippen LogP contribution in [0.4, 0.5) is 19.6 Å². The number of hydrogen-bond acceptors (Lipinski definition) is 6. The number of aromatic nitrogens is 3. The van der Waals surface area contributed by atoms with Crippen LogP contribution in [0.25, 0.3) is 10.3 Å². The number of halogens is 2. The fourth-order valence-electron chi connectivity index (χ4n) is 3.65. The molecule has 1 N–H and O–H groups in total. The van der Waals surface area contributed by atoms with Crippen molar-refractivity contribution < 1.29 is 13.6 Å². The quantitative estimate of drug-likeness (QED) is 0.571. The summed E-state index contributed by atoms with van der Waals surface area (Å²) < 4.78 is 29.4. The molecule has 0 spiro atoms. The van der Waals surface area contributed by atoms with Crippen LogP contribution in [0.15, 0.2) is 40.4 Å². The molecule has 0 unspecified atom stereocenters. The van der Waals surface area contributed by atoms with E-state index in [1.54, 1.807) is 0 Å². The molecule has 0 aliphatic carbocycles. The van der Waals surface area contributed by atoms with Gasteiger partial charge in [-0.25, -0.2) is 18.6 Å². The lowest BCUT2D eigenvalue weighted by Crippen LogP contribution is -2.41. The van der Waals surface area contributed by atoms with E-state index in [4.69, 9.17) is 0 Å². The van der Waals surface area contributed by atoms with Crippen LogP contribution in [-0.4, -0.2) is 33.1 Å². The van der Waals surface area contributed by atoms with Gasteiger partial charge in [0.25, 0.3) is 5.56 Å². The third-order valence-corrected chi connectivity index (χ3v) is 6.29. The zero-order valence-electron chi connectivity index (χ0n) is 17.1. The smallest absolute Gasteiger partial charge is 0.333 e. The van der Waals surface area contributed by atoms with Crippen molar-refractivity contribution in [3.05, 3.63) is 63.3 Å². The average molecular weight is 461 g/mol. The molecule has 1 aromatic carbocycles. The number of benzene rings is 1. The molecule has 1 saturated heterocycles. The van der Waals surface area contributed by atoms with E-state index in [9.17, 15) is 23.2 Å². The number of amides is 1. The molecule has 0 radical (unpaired) electrons. The third kappa shape index (κ3) is 4.20. The molecule has 1 fully saturated rings. The predicted molar refractivity (Wildman–Crippen MR) is 119 cm³/mol. The Bertz CT molecular complexity index is 1310. The number of carbonyl (C=O) groups is 1. The van der Waals surface area contributed by atoms with Crippen molar-refractivity contribution in [3.8, 4) is 0 Å². The van der Waals surface area contributed by atoms with E-state index in [0.29, 0.717) is 11.2 Å². The minimum Gasteiger partial charge on any atom is -0.348 e. The molecule has 4 rings (SSSR count). The Morgan fingerprint density at radius 2 is 1.94 bits per heavy atom. The number of carbonyl (C=O) groups excluding carboxylic acids is 1. The molecule has 3 aromatic rings. The number of allylic oxidation sites excluding steroid dienone is 1. The lowest BCUT2D eigenvalue weighted by Gasteiger charge is -2.25. The third-order valence-electron chi connectivity index (χ3n) is 5.20. The first-order chi connectivity index (χ1) is 15.4. The maximum atomic E-state index is 13.9. The second-order valence-electron chi connectivity index (χ2n) is 7.44. The van der Waals surface area contributed by atoms with E-state index in [0.717, 1.165) is 53.6 Å². The fourth-order valence-corrected chi connectivity index (χ4v) is 4.72. The van der Waals surface area contributed by atoms with Crippen LogP contribution in [0, 0.1) is 11.6 Å². The van der Waals surface area contributed by atoms with Gasteiger partial charge in [-0.1, -0.05) is 17.4 Å². The molecule has 168 valence electrons. The highest BCUT2D eigenvalue weighted by Gasteiger charge is 2.22. The summed E-state index contributed by atoms with van der Waals surface area (Å²) in [6.07, 6.45) is 4.56. The average Bonchev–Trinajstić information content (AvgIpc) is 3.22. The Balaban J connectivity index is 1.75. The molecule has 1 aliphatic heterocycles. The van der Waals surface area contributed by atoms with Crippen molar-refractivity contribution in [1.82, 2.24) is 14.1 Å². The van der Waals surface area contributed by atoms with Gasteiger partial charge in [0.15, 0.2) is 10.8 Å². The Morgan fingerprint density at radius 3 is 2.62 bits per heavy atom. The first kappa shape index (κ1) is 21.9. The first-order valence-corrected chi connectivity index (χ1v) is 11.0. The highest BCUT2D eigenvalue weighted by atomic mass is 32.1. The number of nitrogens with zero attached hydrogens (tertiary/aromatic N) is 4. The molecule has 1 amide bonds. The summed E-state index contributed by atoms with van der Waals surface area (Å²) in [5.74, 6) is -2.42. The highest BCUT2D eigenvalue weighted by Crippen LogP contribution is 2.28. The molecule has 8 nitrogen and oxygen atoms in total. The van der Waals surface area contributed by atoms with Crippen LogP contribution in [-0.2, 0) is 17.9 Å². The summed E-state index contributed by atoms with van der Waals surface area (Å²) in [7, 11) is 0. The Hall–Kier alpha value is -3.34. The molecule has 11 heteroatoms. The van der Waals surface area contributed by atoms with Gasteiger partial charge in [-0.2, -0.15) is 0 Å². The standard InChI is InChI=1S/C21H21F2N5O3S/c1-2-8-27-19(30)17-18(25-20(32-17)26-9-4-3-5-10-26)28(21(27)31)12-16(29)24-15-7-6-13(22)11-14(15)23/h2,6-7,11H,1,3-5,8-10,12H2,(H,24,29). The normalized spacial score (nSPS) is 14.0. The van der Waals surface area contributed by atoms with Gasteiger partial charge in [0.2, 0.25) is 5.91 Å². The number of thiazole rings is 1. The van der Waals surface area contributed by atoms with Crippen LogP contribution < -0.4 is 21.5 Å². The monoisotopic (exact) mass is 461 g/mol. The number of piperidine rings is 1. The van der Waals surface area contributed by atoms with Crippen LogP contribution >= 0.6 is 11.3 Å². The molecular weight excluding hydrogens is 440 g/mol. The van der Waals surface area contributed by atoms with Crippen molar-refractivity contribution in [2.24, 2.45) is 0 Å². The second-order valence-corrected chi connectivity index (χ2v) is 8.42. The van der Waals surface area contributed by atoms with Crippen LogP contribution in [0.5, 0.6) is 0 Å². The number of anilines is 2. The molecule has 32 heavy (non-hydrogen) atoms. The molecule has 0 atom stereocenters. The number of hydrogen-bond donors (Lipinski definition) is 1. The summed E-state index contributed by atoms with van der Waals surface area (Å²) in [4.78, 5) is 45.1. The minimum absolute atomic E-state index is 0.0290. The lowest BCUT2D eigenvalue weighted by atomic mass is 10.1. The van der Waals surface area contributed by atoms with Crippen LogP contribution in [0.1, 0.15) is 19.3 Å². The summed E-state index contributed by atoms with van der Waals surface area (Å²) in [6, 6.07) is 2.76. The van der Waals surface area contributed by atoms with Gasteiger partial charge >= 0.3 is 5.69 Å². The number of nitrogens with one attached hydrogen (secondary N) is 1. The lowest BCUT2D eigenvalue weighted by molar-refractivity contribution is -0.116. The largest absolute Gasteiger partial charge is 0.348 e. The Morgan fingerprint density at radius 1 is 1.19 bits per heavy atom. The topological polar surface area (TPSA) is 89.2 Å². The van der Waals surface area contributed by atoms with E-state index in [1.807, 2.05) is 0 Å². The second kappa shape index (κ2) is 9.03. The SMILES string of the molecule is C=CCn1c(=O)c2sc(N3CCCCC3)nc2n(CC(=O)Nc2ccc(F)cc2F)c1=O. The Kier molecular flexibility index (Phi) is 6.17. The maximum absolute atomic E-state index is 13.9. The van der Waals surface area contributed by atoms with Gasteiger partial charge in [0.1, 0.15) is 22.9 Å². The minimum atomic E-state index is -0.937. The molecule has 3 heterocycles. The van der Waals surface area contributed by atoms with Crippen molar-refractivity contribution >= 4 is 38.4 Å². The number of fused-ring (bicyclic) bond motifs is 1. The van der Waals surface area contributed by atoms with Gasteiger partial charge in [-0.05, 0) is 31.4 Å². The van der Waals surface area contributed by atoms with Crippen LogP contribution in [0.3, 0.4) is 0 Å². The molecule has 0 saturated carbocycles. The molecule has 2 aromatic heterocycles. The van der Waals surface area contributed by atoms with E-state index in [1.165, 1.54) is 17.4 Å². The zero-order valence-corrected chi connectivity index (χ0v) is 18.0. The van der Waals surface area contributed by atoms with E-state index >= 15 is 0 Å². The van der Waals surface area contributed by atoms with Gasteiger partial charge in [-0.15, -0.1) is 6.58 Å². The summed E-state index contributed by atoms with van der Waals surface area (Å²) in [5, 5.41) is 2.95. The summed E-state index contributed by atoms with van der Waals surface area (Å²) in [5.41, 5.74) is -1.31. The van der Waals surface area contributed by atoms with Crippen molar-refractivity contribution in [2.45, 2.75) is 32.4 Å². The van der Waals surface area contributed by atoms with Crippen LogP contribution in [0.2, 0.25) is 0 Å². The van der Waals surface area contributed by atoms with E-state index in [2.05, 4.69) is 21.8 Å². The van der Waals surface area contributed by atoms with Gasteiger partial charge in [0.05, 0.1) is 5.69 Å². The predicted octanol–water partition coefficient (Wildman–Crippen LogP) is 2.71. The van der Waals surface area contributed by atoms with Crippen molar-refractivity contribution in [2.75, 3.05) is 23.3 Å². The van der Waals surface area contributed by atoms with Crippen molar-refractivity contribution in [1.29, 1.82) is 0 Å². The summed E-state index contributed by atoms with van der Waals surface area (Å²) >= 11 is 1.18.